The van der Waals surface area contributed by atoms with Crippen molar-refractivity contribution in [1.29, 1.82) is 0 Å². The Morgan fingerprint density at radius 3 is 2.80 bits per heavy atom. The molecule has 1 aliphatic heterocycles. The van der Waals surface area contributed by atoms with Gasteiger partial charge in [0.15, 0.2) is 0 Å². The molecule has 0 spiro atoms. The minimum atomic E-state index is -0.345. The van der Waals surface area contributed by atoms with Gasteiger partial charge < -0.3 is 5.32 Å². The highest BCUT2D eigenvalue weighted by atomic mass is 32.2. The first-order valence-corrected chi connectivity index (χ1v) is 6.18. The smallest absolute Gasteiger partial charge is 0.140 e. The number of hydrogen-bond acceptors (Lipinski definition) is 2. The van der Waals surface area contributed by atoms with Crippen LogP contribution >= 0.6 is 11.8 Å². The maximum atomic E-state index is 13.9. The number of nitrogens with one attached hydrogen (secondary N) is 1. The lowest BCUT2D eigenvalue weighted by Crippen LogP contribution is -2.09. The molecular weight excluding hydrogens is 216 g/mol. The summed E-state index contributed by atoms with van der Waals surface area (Å²) in [6, 6.07) is 2.58. The summed E-state index contributed by atoms with van der Waals surface area (Å²) in [7, 11) is 0. The van der Waals surface area contributed by atoms with E-state index < -0.39 is 0 Å². The molecule has 4 heteroatoms. The van der Waals surface area contributed by atoms with Crippen molar-refractivity contribution in [2.75, 3.05) is 19.3 Å². The van der Waals surface area contributed by atoms with Crippen LogP contribution in [0.4, 0.5) is 8.78 Å². The highest BCUT2D eigenvalue weighted by Crippen LogP contribution is 2.31. The fourth-order valence-corrected chi connectivity index (χ4v) is 2.48. The number of benzene rings is 1. The fraction of sp³-hybridized carbons (Fsp3) is 0.455. The molecule has 1 nitrogen and oxygen atoms in total. The largest absolute Gasteiger partial charge is 0.316 e. The molecule has 1 fully saturated rings. The van der Waals surface area contributed by atoms with Crippen LogP contribution in [0.5, 0.6) is 0 Å². The maximum absolute atomic E-state index is 13.9. The standard InChI is InChI=1S/C11H13F2NS/c1-15-10-5-8(12)4-9(11(10)13)7-2-3-14-6-7/h4-5,7,14H,2-3,6H2,1H3. The van der Waals surface area contributed by atoms with Crippen molar-refractivity contribution in [3.05, 3.63) is 29.3 Å². The normalized spacial score (nSPS) is 20.9. The van der Waals surface area contributed by atoms with Crippen molar-refractivity contribution >= 4 is 11.8 Å². The Bertz CT molecular complexity index is 362. The summed E-state index contributed by atoms with van der Waals surface area (Å²) >= 11 is 1.25. The lowest BCUT2D eigenvalue weighted by molar-refractivity contribution is 0.545. The topological polar surface area (TPSA) is 12.0 Å². The predicted molar refractivity (Wildman–Crippen MR) is 58.4 cm³/mol. The lowest BCUT2D eigenvalue weighted by atomic mass is 9.98. The zero-order chi connectivity index (χ0) is 10.8. The van der Waals surface area contributed by atoms with Crippen molar-refractivity contribution in [3.63, 3.8) is 0 Å². The SMILES string of the molecule is CSc1cc(F)cc(C2CCNC2)c1F. The van der Waals surface area contributed by atoms with E-state index in [1.54, 1.807) is 6.26 Å². The molecule has 1 aromatic carbocycles. The van der Waals surface area contributed by atoms with E-state index in [9.17, 15) is 8.78 Å². The second-order valence-electron chi connectivity index (χ2n) is 3.70. The van der Waals surface area contributed by atoms with E-state index in [0.717, 1.165) is 19.5 Å². The summed E-state index contributed by atoms with van der Waals surface area (Å²) in [5.74, 6) is -0.480. The molecule has 1 aromatic rings. The Hall–Kier alpha value is -0.610. The fourth-order valence-electron chi connectivity index (χ4n) is 1.95. The average molecular weight is 229 g/mol. The van der Waals surface area contributed by atoms with Crippen LogP contribution in [-0.4, -0.2) is 19.3 Å². The summed E-state index contributed by atoms with van der Waals surface area (Å²) < 4.78 is 27.1. The van der Waals surface area contributed by atoms with Gasteiger partial charge in [0, 0.05) is 17.4 Å². The van der Waals surface area contributed by atoms with Gasteiger partial charge in [-0.3, -0.25) is 0 Å². The van der Waals surface area contributed by atoms with Crippen molar-refractivity contribution in [3.8, 4) is 0 Å². The van der Waals surface area contributed by atoms with E-state index in [0.29, 0.717) is 10.5 Å². The van der Waals surface area contributed by atoms with Gasteiger partial charge in [-0.1, -0.05) is 0 Å². The van der Waals surface area contributed by atoms with E-state index in [4.69, 9.17) is 0 Å². The third-order valence-corrected chi connectivity index (χ3v) is 3.49. The van der Waals surface area contributed by atoms with Crippen LogP contribution in [0.3, 0.4) is 0 Å². The zero-order valence-corrected chi connectivity index (χ0v) is 9.33. The van der Waals surface area contributed by atoms with Crippen molar-refractivity contribution in [2.24, 2.45) is 0 Å². The molecule has 1 aliphatic rings. The number of halogens is 2. The first-order valence-electron chi connectivity index (χ1n) is 4.96. The van der Waals surface area contributed by atoms with Gasteiger partial charge in [-0.2, -0.15) is 0 Å². The highest BCUT2D eigenvalue weighted by molar-refractivity contribution is 7.98. The molecule has 1 unspecified atom stereocenters. The van der Waals surface area contributed by atoms with E-state index in [1.165, 1.54) is 23.9 Å². The van der Waals surface area contributed by atoms with Crippen LogP contribution in [0, 0.1) is 11.6 Å². The van der Waals surface area contributed by atoms with Crippen LogP contribution in [0.25, 0.3) is 0 Å². The Labute approximate surface area is 92.3 Å². The average Bonchev–Trinajstić information content (AvgIpc) is 2.74. The molecule has 82 valence electrons. The molecular formula is C11H13F2NS. The summed E-state index contributed by atoms with van der Waals surface area (Å²) in [6.07, 6.45) is 2.64. The molecule has 2 rings (SSSR count). The number of rotatable bonds is 2. The molecule has 0 aliphatic carbocycles. The van der Waals surface area contributed by atoms with E-state index in [-0.39, 0.29) is 17.6 Å². The summed E-state index contributed by atoms with van der Waals surface area (Å²) in [4.78, 5) is 0.400. The Kier molecular flexibility index (Phi) is 3.26. The summed E-state index contributed by atoms with van der Waals surface area (Å²) in [6.45, 7) is 1.63. The summed E-state index contributed by atoms with van der Waals surface area (Å²) in [5, 5.41) is 3.16. The number of thioether (sulfide) groups is 1. The van der Waals surface area contributed by atoms with Gasteiger partial charge in [0.1, 0.15) is 11.6 Å². The quantitative estimate of drug-likeness (QED) is 0.783. The molecule has 0 amide bonds. The highest BCUT2D eigenvalue weighted by Gasteiger charge is 2.22. The van der Waals surface area contributed by atoms with Crippen LogP contribution in [0.2, 0.25) is 0 Å². The molecule has 0 bridgehead atoms. The predicted octanol–water partition coefficient (Wildman–Crippen LogP) is 2.76. The van der Waals surface area contributed by atoms with Crippen molar-refractivity contribution in [2.45, 2.75) is 17.2 Å². The van der Waals surface area contributed by atoms with Crippen molar-refractivity contribution < 1.29 is 8.78 Å². The van der Waals surface area contributed by atoms with Crippen molar-refractivity contribution in [1.82, 2.24) is 5.32 Å². The Balaban J connectivity index is 2.40. The van der Waals surface area contributed by atoms with Crippen LogP contribution in [0.15, 0.2) is 17.0 Å². The lowest BCUT2D eigenvalue weighted by Gasteiger charge is -2.12. The van der Waals surface area contributed by atoms with Gasteiger partial charge in [0.25, 0.3) is 0 Å². The van der Waals surface area contributed by atoms with Crippen LogP contribution in [0.1, 0.15) is 17.9 Å². The monoisotopic (exact) mass is 229 g/mol. The molecule has 0 radical (unpaired) electrons. The van der Waals surface area contributed by atoms with Gasteiger partial charge in [-0.25, -0.2) is 8.78 Å². The molecule has 1 N–H and O–H groups in total. The number of hydrogen-bond donors (Lipinski definition) is 1. The third kappa shape index (κ3) is 2.16. The van der Waals surface area contributed by atoms with Gasteiger partial charge in [0.2, 0.25) is 0 Å². The Morgan fingerprint density at radius 2 is 2.20 bits per heavy atom. The van der Waals surface area contributed by atoms with E-state index in [1.807, 2.05) is 0 Å². The van der Waals surface area contributed by atoms with Gasteiger partial charge in [0.05, 0.1) is 0 Å². The Morgan fingerprint density at radius 1 is 1.40 bits per heavy atom. The molecule has 0 saturated carbocycles. The van der Waals surface area contributed by atoms with Gasteiger partial charge >= 0.3 is 0 Å². The van der Waals surface area contributed by atoms with Gasteiger partial charge in [-0.05, 0) is 36.9 Å². The molecule has 1 saturated heterocycles. The molecule has 1 heterocycles. The minimum absolute atomic E-state index is 0.117. The van der Waals surface area contributed by atoms with E-state index >= 15 is 0 Å². The first-order chi connectivity index (χ1) is 7.22. The molecule has 1 atom stereocenters. The zero-order valence-electron chi connectivity index (χ0n) is 8.52. The van der Waals surface area contributed by atoms with Gasteiger partial charge in [-0.15, -0.1) is 11.8 Å². The van der Waals surface area contributed by atoms with E-state index in [2.05, 4.69) is 5.32 Å². The minimum Gasteiger partial charge on any atom is -0.316 e. The molecule has 0 aromatic heterocycles. The summed E-state index contributed by atoms with van der Waals surface area (Å²) in [5.41, 5.74) is 0.518. The third-order valence-electron chi connectivity index (χ3n) is 2.75. The molecule has 15 heavy (non-hydrogen) atoms. The van der Waals surface area contributed by atoms with Crippen LogP contribution < -0.4 is 5.32 Å². The maximum Gasteiger partial charge on any atom is 0.140 e. The van der Waals surface area contributed by atoms with Crippen LogP contribution in [-0.2, 0) is 0 Å². The second-order valence-corrected chi connectivity index (χ2v) is 4.55. The second kappa shape index (κ2) is 4.49. The first kappa shape index (κ1) is 10.9.